The van der Waals surface area contributed by atoms with Crippen LogP contribution in [-0.4, -0.2) is 64.9 Å². The van der Waals surface area contributed by atoms with Gasteiger partial charge in [-0.25, -0.2) is 0 Å². The van der Waals surface area contributed by atoms with E-state index in [0.717, 1.165) is 36.5 Å². The minimum Gasteiger partial charge on any atom is -0.491 e. The van der Waals surface area contributed by atoms with Crippen LogP contribution in [0.1, 0.15) is 24.2 Å². The lowest BCUT2D eigenvalue weighted by atomic mass is 10.2. The number of carbonyl (C=O) groups excluding carboxylic acids is 1. The van der Waals surface area contributed by atoms with Crippen molar-refractivity contribution in [2.75, 3.05) is 49.2 Å². The largest absolute Gasteiger partial charge is 0.491 e. The van der Waals surface area contributed by atoms with Gasteiger partial charge in [0, 0.05) is 43.1 Å². The van der Waals surface area contributed by atoms with E-state index in [1.165, 1.54) is 5.69 Å². The second kappa shape index (κ2) is 9.27. The molecule has 0 bridgehead atoms. The predicted molar refractivity (Wildman–Crippen MR) is 126 cm³/mol. The van der Waals surface area contributed by atoms with Crippen LogP contribution in [0.4, 0.5) is 23.3 Å². The summed E-state index contributed by atoms with van der Waals surface area (Å²) in [5.74, 6) is 0.632. The summed E-state index contributed by atoms with van der Waals surface area (Å²) in [6.07, 6.45) is 0.0618. The Morgan fingerprint density at radius 2 is 1.69 bits per heavy atom. The third-order valence-corrected chi connectivity index (χ3v) is 5.29. The lowest BCUT2D eigenvalue weighted by Gasteiger charge is -2.34. The number of nitrogens with two attached hydrogens (primary N) is 1. The molecule has 0 atom stereocenters. The molecule has 1 aliphatic heterocycles. The molecule has 2 aromatic carbocycles. The van der Waals surface area contributed by atoms with Gasteiger partial charge in [-0.15, -0.1) is 5.10 Å². The molecule has 9 nitrogen and oxygen atoms in total. The number of nitrogens with zero attached hydrogens (tertiary/aromatic N) is 5. The number of likely N-dealkylation sites (N-methyl/N-ethyl adjacent to an activating group) is 1. The summed E-state index contributed by atoms with van der Waals surface area (Å²) in [5, 5.41) is 7.36. The monoisotopic (exact) mass is 435 g/mol. The van der Waals surface area contributed by atoms with Gasteiger partial charge >= 0.3 is 0 Å². The Morgan fingerprint density at radius 3 is 2.31 bits per heavy atom. The number of ether oxygens (including phenoxy) is 1. The lowest BCUT2D eigenvalue weighted by Crippen LogP contribution is -2.44. The minimum atomic E-state index is -0.357. The molecule has 0 amide bonds. The molecule has 2 heterocycles. The highest BCUT2D eigenvalue weighted by atomic mass is 16.5. The van der Waals surface area contributed by atoms with Crippen LogP contribution in [0.2, 0.25) is 0 Å². The Hall–Kier alpha value is -3.59. The van der Waals surface area contributed by atoms with Crippen molar-refractivity contribution >= 4 is 29.2 Å². The van der Waals surface area contributed by atoms with Crippen LogP contribution in [0.15, 0.2) is 48.5 Å². The quantitative estimate of drug-likeness (QED) is 0.610. The summed E-state index contributed by atoms with van der Waals surface area (Å²) in [6, 6.07) is 15.0. The topological polar surface area (TPSA) is 102 Å². The van der Waals surface area contributed by atoms with Crippen molar-refractivity contribution in [2.24, 2.45) is 0 Å². The van der Waals surface area contributed by atoms with Crippen LogP contribution >= 0.6 is 0 Å². The Kier molecular flexibility index (Phi) is 6.27. The standard InChI is InChI=1S/C23H29N7O2/c1-16(2)32-20-10-4-17(5-11-20)21(31)30-22(24)26-23(27-30)25-18-6-8-19(9-7-18)29-14-12-28(3)13-15-29/h4-11,16H,12-15H2,1-3H3,(H3,24,25,26,27). The van der Waals surface area contributed by atoms with E-state index in [0.29, 0.717) is 11.3 Å². The zero-order chi connectivity index (χ0) is 22.7. The predicted octanol–water partition coefficient (Wildman–Crippen LogP) is 2.83. The zero-order valence-corrected chi connectivity index (χ0v) is 18.7. The van der Waals surface area contributed by atoms with Gasteiger partial charge < -0.3 is 25.6 Å². The number of rotatable bonds is 6. The van der Waals surface area contributed by atoms with E-state index >= 15 is 0 Å². The molecule has 0 unspecified atom stereocenters. The van der Waals surface area contributed by atoms with E-state index in [-0.39, 0.29) is 23.9 Å². The molecular weight excluding hydrogens is 406 g/mol. The first kappa shape index (κ1) is 21.6. The van der Waals surface area contributed by atoms with Gasteiger partial charge in [-0.3, -0.25) is 4.79 Å². The molecule has 3 aromatic rings. The average molecular weight is 436 g/mol. The van der Waals surface area contributed by atoms with Crippen LogP contribution in [0.25, 0.3) is 0 Å². The van der Waals surface area contributed by atoms with E-state index < -0.39 is 0 Å². The van der Waals surface area contributed by atoms with Crippen molar-refractivity contribution in [2.45, 2.75) is 20.0 Å². The van der Waals surface area contributed by atoms with Gasteiger partial charge in [0.1, 0.15) is 5.75 Å². The van der Waals surface area contributed by atoms with Crippen LogP contribution in [0.3, 0.4) is 0 Å². The van der Waals surface area contributed by atoms with Crippen LogP contribution in [0, 0.1) is 0 Å². The Balaban J connectivity index is 1.42. The van der Waals surface area contributed by atoms with Crippen molar-refractivity contribution in [1.82, 2.24) is 19.7 Å². The normalized spacial score (nSPS) is 14.6. The van der Waals surface area contributed by atoms with Gasteiger partial charge in [0.15, 0.2) is 0 Å². The molecule has 0 saturated carbocycles. The highest BCUT2D eigenvalue weighted by Crippen LogP contribution is 2.22. The Morgan fingerprint density at radius 1 is 1.03 bits per heavy atom. The van der Waals surface area contributed by atoms with E-state index in [1.807, 2.05) is 26.0 Å². The number of hydrogen-bond donors (Lipinski definition) is 2. The fourth-order valence-electron chi connectivity index (χ4n) is 3.55. The van der Waals surface area contributed by atoms with Gasteiger partial charge in [-0.1, -0.05) is 0 Å². The fraction of sp³-hybridized carbons (Fsp3) is 0.348. The lowest BCUT2D eigenvalue weighted by molar-refractivity contribution is 0.0948. The third kappa shape index (κ3) is 5.00. The number of nitrogen functional groups attached to an aromatic ring is 1. The molecule has 4 rings (SSSR count). The van der Waals surface area contributed by atoms with Crippen molar-refractivity contribution < 1.29 is 9.53 Å². The molecule has 0 radical (unpaired) electrons. The van der Waals surface area contributed by atoms with Gasteiger partial charge in [0.05, 0.1) is 6.10 Å². The first-order chi connectivity index (χ1) is 15.4. The molecule has 1 aromatic heterocycles. The van der Waals surface area contributed by atoms with Crippen LogP contribution < -0.4 is 20.7 Å². The summed E-state index contributed by atoms with van der Waals surface area (Å²) in [6.45, 7) is 8.04. The van der Waals surface area contributed by atoms with Crippen molar-refractivity contribution in [3.8, 4) is 5.75 Å². The van der Waals surface area contributed by atoms with Crippen molar-refractivity contribution in [1.29, 1.82) is 0 Å². The Bertz CT molecular complexity index is 1050. The number of nitrogens with one attached hydrogen (secondary N) is 1. The Labute approximate surface area is 187 Å². The maximum absolute atomic E-state index is 12.8. The van der Waals surface area contributed by atoms with Crippen molar-refractivity contribution in [3.05, 3.63) is 54.1 Å². The molecular formula is C23H29N7O2. The number of carbonyl (C=O) groups is 1. The summed E-state index contributed by atoms with van der Waals surface area (Å²) in [7, 11) is 2.14. The fourth-order valence-corrected chi connectivity index (χ4v) is 3.55. The number of anilines is 4. The van der Waals surface area contributed by atoms with E-state index in [2.05, 4.69) is 44.4 Å². The molecule has 0 aliphatic carbocycles. The number of piperazine rings is 1. The van der Waals surface area contributed by atoms with Gasteiger partial charge in [0.2, 0.25) is 11.9 Å². The number of hydrogen-bond acceptors (Lipinski definition) is 8. The number of aromatic nitrogens is 3. The van der Waals surface area contributed by atoms with E-state index in [1.54, 1.807) is 24.3 Å². The van der Waals surface area contributed by atoms with Crippen molar-refractivity contribution in [3.63, 3.8) is 0 Å². The van der Waals surface area contributed by atoms with E-state index in [4.69, 9.17) is 10.5 Å². The van der Waals surface area contributed by atoms with Crippen LogP contribution in [-0.2, 0) is 0 Å². The molecule has 9 heteroatoms. The summed E-state index contributed by atoms with van der Waals surface area (Å²) < 4.78 is 6.71. The summed E-state index contributed by atoms with van der Waals surface area (Å²) in [4.78, 5) is 21.7. The third-order valence-electron chi connectivity index (χ3n) is 5.29. The first-order valence-corrected chi connectivity index (χ1v) is 10.7. The first-order valence-electron chi connectivity index (χ1n) is 10.7. The highest BCUT2D eigenvalue weighted by Gasteiger charge is 2.17. The molecule has 1 aliphatic rings. The second-order valence-corrected chi connectivity index (χ2v) is 8.16. The summed E-state index contributed by atoms with van der Waals surface area (Å²) in [5.41, 5.74) is 8.40. The van der Waals surface area contributed by atoms with Gasteiger partial charge in [-0.2, -0.15) is 9.67 Å². The van der Waals surface area contributed by atoms with E-state index in [9.17, 15) is 4.79 Å². The minimum absolute atomic E-state index is 0.0223. The summed E-state index contributed by atoms with van der Waals surface area (Å²) >= 11 is 0. The maximum Gasteiger partial charge on any atom is 0.281 e. The molecule has 32 heavy (non-hydrogen) atoms. The van der Waals surface area contributed by atoms with Gasteiger partial charge in [-0.05, 0) is 69.4 Å². The smallest absolute Gasteiger partial charge is 0.281 e. The number of benzene rings is 2. The molecule has 3 N–H and O–H groups in total. The molecule has 168 valence electrons. The average Bonchev–Trinajstić information content (AvgIpc) is 3.14. The SMILES string of the molecule is CC(C)Oc1ccc(C(=O)n2nc(Nc3ccc(N4CCN(C)CC4)cc3)nc2N)cc1. The van der Waals surface area contributed by atoms with Gasteiger partial charge in [0.25, 0.3) is 5.91 Å². The highest BCUT2D eigenvalue weighted by molar-refractivity contribution is 5.97. The zero-order valence-electron chi connectivity index (χ0n) is 18.7. The molecule has 1 fully saturated rings. The maximum atomic E-state index is 12.8. The molecule has 1 saturated heterocycles. The second-order valence-electron chi connectivity index (χ2n) is 8.16. The molecule has 0 spiro atoms. The van der Waals surface area contributed by atoms with Crippen LogP contribution in [0.5, 0.6) is 5.75 Å².